The SMILES string of the molecule is CC(NC(=O)c1cc(OCc2ccccc2)no1)c1ccccc1. The first-order chi connectivity index (χ1) is 11.7. The number of ether oxygens (including phenoxy) is 1. The van der Waals surface area contributed by atoms with Crippen LogP contribution in [0.5, 0.6) is 5.88 Å². The van der Waals surface area contributed by atoms with Crippen LogP contribution in [0.2, 0.25) is 0 Å². The molecule has 0 spiro atoms. The highest BCUT2D eigenvalue weighted by molar-refractivity contribution is 5.91. The lowest BCUT2D eigenvalue weighted by Gasteiger charge is -2.12. The van der Waals surface area contributed by atoms with Crippen molar-refractivity contribution in [3.8, 4) is 5.88 Å². The summed E-state index contributed by atoms with van der Waals surface area (Å²) in [6, 6.07) is 20.8. The number of rotatable bonds is 6. The first kappa shape index (κ1) is 15.8. The molecule has 5 nitrogen and oxygen atoms in total. The van der Waals surface area contributed by atoms with Crippen molar-refractivity contribution in [2.24, 2.45) is 0 Å². The molecule has 0 radical (unpaired) electrons. The van der Waals surface area contributed by atoms with Gasteiger partial charge in [-0.2, -0.15) is 0 Å². The van der Waals surface area contributed by atoms with Gasteiger partial charge in [0.2, 0.25) is 5.76 Å². The molecule has 0 aliphatic heterocycles. The maximum absolute atomic E-state index is 12.2. The molecule has 0 aliphatic rings. The Morgan fingerprint density at radius 3 is 2.50 bits per heavy atom. The smallest absolute Gasteiger partial charge is 0.290 e. The Kier molecular flexibility index (Phi) is 4.91. The number of aromatic nitrogens is 1. The van der Waals surface area contributed by atoms with Crippen LogP contribution >= 0.6 is 0 Å². The number of amides is 1. The average molecular weight is 322 g/mol. The molecule has 0 bridgehead atoms. The molecule has 3 rings (SSSR count). The summed E-state index contributed by atoms with van der Waals surface area (Å²) < 4.78 is 10.6. The molecule has 3 aromatic rings. The van der Waals surface area contributed by atoms with Crippen molar-refractivity contribution in [1.29, 1.82) is 0 Å². The van der Waals surface area contributed by atoms with Gasteiger partial charge in [-0.05, 0) is 23.2 Å². The summed E-state index contributed by atoms with van der Waals surface area (Å²) in [5, 5.41) is 6.65. The molecule has 122 valence electrons. The summed E-state index contributed by atoms with van der Waals surface area (Å²) >= 11 is 0. The molecule has 1 amide bonds. The van der Waals surface area contributed by atoms with Crippen molar-refractivity contribution in [1.82, 2.24) is 10.5 Å². The lowest BCUT2D eigenvalue weighted by atomic mass is 10.1. The van der Waals surface area contributed by atoms with Crippen LogP contribution in [0.25, 0.3) is 0 Å². The highest BCUT2D eigenvalue weighted by Gasteiger charge is 2.16. The van der Waals surface area contributed by atoms with Gasteiger partial charge < -0.3 is 14.6 Å². The fraction of sp³-hybridized carbons (Fsp3) is 0.158. The standard InChI is InChI=1S/C19H18N2O3/c1-14(16-10-6-3-7-11-16)20-19(22)17-12-18(21-24-17)23-13-15-8-4-2-5-9-15/h2-12,14H,13H2,1H3,(H,20,22). The minimum atomic E-state index is -0.326. The number of nitrogens with one attached hydrogen (secondary N) is 1. The second kappa shape index (κ2) is 7.46. The fourth-order valence-electron chi connectivity index (χ4n) is 2.26. The first-order valence-corrected chi connectivity index (χ1v) is 7.71. The third kappa shape index (κ3) is 4.01. The molecule has 0 fully saturated rings. The highest BCUT2D eigenvalue weighted by Crippen LogP contribution is 2.16. The number of carbonyl (C=O) groups is 1. The van der Waals surface area contributed by atoms with Crippen molar-refractivity contribution in [2.75, 3.05) is 0 Å². The number of carbonyl (C=O) groups excluding carboxylic acids is 1. The molecule has 0 saturated heterocycles. The van der Waals surface area contributed by atoms with Gasteiger partial charge in [0.1, 0.15) is 6.61 Å². The minimum Gasteiger partial charge on any atom is -0.471 e. The van der Waals surface area contributed by atoms with Crippen LogP contribution in [-0.4, -0.2) is 11.1 Å². The zero-order chi connectivity index (χ0) is 16.8. The summed E-state index contributed by atoms with van der Waals surface area (Å²) in [5.41, 5.74) is 2.04. The first-order valence-electron chi connectivity index (χ1n) is 7.71. The van der Waals surface area contributed by atoms with Crippen LogP contribution in [-0.2, 0) is 6.61 Å². The van der Waals surface area contributed by atoms with E-state index < -0.39 is 0 Å². The molecule has 1 heterocycles. The molecule has 2 aromatic carbocycles. The third-order valence-corrected chi connectivity index (χ3v) is 3.59. The molecule has 0 saturated carbocycles. The molecular weight excluding hydrogens is 304 g/mol. The fourth-order valence-corrected chi connectivity index (χ4v) is 2.26. The quantitative estimate of drug-likeness (QED) is 0.751. The Hall–Kier alpha value is -3.08. The van der Waals surface area contributed by atoms with Gasteiger partial charge in [0.05, 0.1) is 12.1 Å². The van der Waals surface area contributed by atoms with E-state index in [1.165, 1.54) is 6.07 Å². The van der Waals surface area contributed by atoms with Gasteiger partial charge in [0.15, 0.2) is 0 Å². The van der Waals surface area contributed by atoms with Gasteiger partial charge >= 0.3 is 0 Å². The maximum atomic E-state index is 12.2. The third-order valence-electron chi connectivity index (χ3n) is 3.59. The largest absolute Gasteiger partial charge is 0.471 e. The van der Waals surface area contributed by atoms with E-state index in [0.717, 1.165) is 11.1 Å². The lowest BCUT2D eigenvalue weighted by molar-refractivity contribution is 0.0902. The van der Waals surface area contributed by atoms with Crippen molar-refractivity contribution >= 4 is 5.91 Å². The average Bonchev–Trinajstić information content (AvgIpc) is 3.11. The predicted octanol–water partition coefficient (Wildman–Crippen LogP) is 3.74. The second-order valence-corrected chi connectivity index (χ2v) is 5.41. The predicted molar refractivity (Wildman–Crippen MR) is 89.6 cm³/mol. The van der Waals surface area contributed by atoms with Gasteiger partial charge in [-0.1, -0.05) is 60.7 Å². The zero-order valence-electron chi connectivity index (χ0n) is 13.3. The molecule has 1 N–H and O–H groups in total. The Morgan fingerprint density at radius 2 is 1.79 bits per heavy atom. The number of nitrogens with zero attached hydrogens (tertiary/aromatic N) is 1. The summed E-state index contributed by atoms with van der Waals surface area (Å²) in [4.78, 5) is 12.2. The van der Waals surface area contributed by atoms with Crippen LogP contribution in [0.1, 0.15) is 34.6 Å². The van der Waals surface area contributed by atoms with E-state index in [9.17, 15) is 4.79 Å². The molecule has 5 heteroatoms. The summed E-state index contributed by atoms with van der Waals surface area (Å²) in [6.07, 6.45) is 0. The van der Waals surface area contributed by atoms with E-state index in [4.69, 9.17) is 9.26 Å². The molecule has 24 heavy (non-hydrogen) atoms. The molecule has 1 unspecified atom stereocenters. The van der Waals surface area contributed by atoms with Crippen molar-refractivity contribution in [3.05, 3.63) is 83.6 Å². The number of benzene rings is 2. The van der Waals surface area contributed by atoms with Crippen molar-refractivity contribution < 1.29 is 14.1 Å². The van der Waals surface area contributed by atoms with Crippen LogP contribution < -0.4 is 10.1 Å². The van der Waals surface area contributed by atoms with Gasteiger partial charge in [-0.15, -0.1) is 0 Å². The summed E-state index contributed by atoms with van der Waals surface area (Å²) in [7, 11) is 0. The van der Waals surface area contributed by atoms with Crippen molar-refractivity contribution in [3.63, 3.8) is 0 Å². The Morgan fingerprint density at radius 1 is 1.12 bits per heavy atom. The highest BCUT2D eigenvalue weighted by atomic mass is 16.5. The Bertz CT molecular complexity index is 785. The van der Waals surface area contributed by atoms with Gasteiger partial charge in [0.25, 0.3) is 11.8 Å². The minimum absolute atomic E-state index is 0.126. The summed E-state index contributed by atoms with van der Waals surface area (Å²) in [6.45, 7) is 2.28. The van der Waals surface area contributed by atoms with Gasteiger partial charge in [0, 0.05) is 0 Å². The topological polar surface area (TPSA) is 64.4 Å². The second-order valence-electron chi connectivity index (χ2n) is 5.41. The molecule has 1 aromatic heterocycles. The number of hydrogen-bond acceptors (Lipinski definition) is 4. The van der Waals surface area contributed by atoms with E-state index in [1.807, 2.05) is 67.6 Å². The van der Waals surface area contributed by atoms with E-state index in [0.29, 0.717) is 6.61 Å². The van der Waals surface area contributed by atoms with Crippen LogP contribution in [0, 0.1) is 0 Å². The van der Waals surface area contributed by atoms with Crippen LogP contribution in [0.15, 0.2) is 71.3 Å². The maximum Gasteiger partial charge on any atom is 0.290 e. The monoisotopic (exact) mass is 322 g/mol. The lowest BCUT2D eigenvalue weighted by Crippen LogP contribution is -2.26. The van der Waals surface area contributed by atoms with Gasteiger partial charge in [-0.3, -0.25) is 4.79 Å². The zero-order valence-corrected chi connectivity index (χ0v) is 13.3. The van der Waals surface area contributed by atoms with E-state index in [2.05, 4.69) is 10.5 Å². The van der Waals surface area contributed by atoms with Gasteiger partial charge in [-0.25, -0.2) is 0 Å². The van der Waals surface area contributed by atoms with Crippen molar-refractivity contribution in [2.45, 2.75) is 19.6 Å². The molecule has 1 atom stereocenters. The molecule has 0 aliphatic carbocycles. The number of hydrogen-bond donors (Lipinski definition) is 1. The van der Waals surface area contributed by atoms with Crippen LogP contribution in [0.3, 0.4) is 0 Å². The van der Waals surface area contributed by atoms with E-state index >= 15 is 0 Å². The van der Waals surface area contributed by atoms with E-state index in [-0.39, 0.29) is 23.6 Å². The van der Waals surface area contributed by atoms with Crippen LogP contribution in [0.4, 0.5) is 0 Å². The molecular formula is C19H18N2O3. The normalized spacial score (nSPS) is 11.7. The Balaban J connectivity index is 1.57. The summed E-state index contributed by atoms with van der Waals surface area (Å²) in [5.74, 6) is 0.0885. The Labute approximate surface area is 140 Å². The van der Waals surface area contributed by atoms with E-state index in [1.54, 1.807) is 0 Å².